The van der Waals surface area contributed by atoms with Crippen LogP contribution in [0.4, 0.5) is 0 Å². The minimum atomic E-state index is -1.88. The van der Waals surface area contributed by atoms with E-state index in [-0.39, 0.29) is 19.4 Å². The molecule has 136 valence electrons. The van der Waals surface area contributed by atoms with E-state index >= 15 is 0 Å². The van der Waals surface area contributed by atoms with Gasteiger partial charge in [-0.05, 0) is 6.42 Å². The Bertz CT molecular complexity index is 392. The van der Waals surface area contributed by atoms with E-state index in [0.717, 1.165) is 0 Å². The highest BCUT2D eigenvalue weighted by atomic mass is 16.7. The van der Waals surface area contributed by atoms with E-state index in [1.54, 1.807) is 6.92 Å². The molecular weight excluding hydrogens is 312 g/mol. The molecule has 9 heteroatoms. The first-order valence-corrected chi connectivity index (χ1v) is 7.78. The molecule has 1 aliphatic heterocycles. The SMILES string of the molecule is CC[C@]1(O)OC[C@@H](O)C(O[C@@H]2CC(CO)[C@H](O)[C@H](O)C2O)[C@H]1O. The van der Waals surface area contributed by atoms with Crippen LogP contribution in [0.15, 0.2) is 0 Å². The first-order valence-electron chi connectivity index (χ1n) is 7.78. The van der Waals surface area contributed by atoms with Gasteiger partial charge in [0.15, 0.2) is 5.79 Å². The Morgan fingerprint density at radius 1 is 1.09 bits per heavy atom. The zero-order chi connectivity index (χ0) is 17.4. The number of hydrogen-bond donors (Lipinski definition) is 7. The summed E-state index contributed by atoms with van der Waals surface area (Å²) in [7, 11) is 0. The summed E-state index contributed by atoms with van der Waals surface area (Å²) in [4.78, 5) is 0. The quantitative estimate of drug-likeness (QED) is 0.278. The van der Waals surface area contributed by atoms with Gasteiger partial charge in [-0.25, -0.2) is 0 Å². The molecule has 2 aliphatic rings. The minimum Gasteiger partial charge on any atom is -0.396 e. The van der Waals surface area contributed by atoms with Crippen molar-refractivity contribution in [2.45, 2.75) is 68.3 Å². The second-order valence-electron chi connectivity index (χ2n) is 6.31. The summed E-state index contributed by atoms with van der Waals surface area (Å²) in [6.07, 6.45) is -9.25. The molecule has 7 N–H and O–H groups in total. The summed E-state index contributed by atoms with van der Waals surface area (Å²) >= 11 is 0. The van der Waals surface area contributed by atoms with Crippen LogP contribution in [0, 0.1) is 5.92 Å². The maximum atomic E-state index is 10.2. The second kappa shape index (κ2) is 7.26. The van der Waals surface area contributed by atoms with Crippen molar-refractivity contribution in [3.05, 3.63) is 0 Å². The second-order valence-corrected chi connectivity index (χ2v) is 6.31. The van der Waals surface area contributed by atoms with Gasteiger partial charge in [-0.3, -0.25) is 0 Å². The van der Waals surface area contributed by atoms with Gasteiger partial charge in [0.25, 0.3) is 0 Å². The third-order valence-corrected chi connectivity index (χ3v) is 4.83. The van der Waals surface area contributed by atoms with Crippen LogP contribution >= 0.6 is 0 Å². The van der Waals surface area contributed by atoms with Crippen molar-refractivity contribution in [3.63, 3.8) is 0 Å². The Balaban J connectivity index is 2.12. The van der Waals surface area contributed by atoms with E-state index in [1.165, 1.54) is 0 Å². The fourth-order valence-corrected chi connectivity index (χ4v) is 3.15. The zero-order valence-corrected chi connectivity index (χ0v) is 12.9. The minimum absolute atomic E-state index is 0.0250. The van der Waals surface area contributed by atoms with Crippen LogP contribution in [0.25, 0.3) is 0 Å². The molecule has 9 atom stereocenters. The zero-order valence-electron chi connectivity index (χ0n) is 12.9. The number of rotatable bonds is 4. The molecule has 2 fully saturated rings. The van der Waals surface area contributed by atoms with Crippen molar-refractivity contribution in [2.75, 3.05) is 13.2 Å². The van der Waals surface area contributed by atoms with Gasteiger partial charge < -0.3 is 45.2 Å². The maximum Gasteiger partial charge on any atom is 0.194 e. The van der Waals surface area contributed by atoms with Gasteiger partial charge in [0.2, 0.25) is 0 Å². The highest BCUT2D eigenvalue weighted by Gasteiger charge is 2.51. The number of hydrogen-bond acceptors (Lipinski definition) is 9. The van der Waals surface area contributed by atoms with Crippen molar-refractivity contribution in [3.8, 4) is 0 Å². The maximum absolute atomic E-state index is 10.2. The molecule has 0 aromatic rings. The lowest BCUT2D eigenvalue weighted by Crippen LogP contribution is -2.64. The molecule has 3 unspecified atom stereocenters. The van der Waals surface area contributed by atoms with E-state index < -0.39 is 61.0 Å². The topological polar surface area (TPSA) is 160 Å². The lowest BCUT2D eigenvalue weighted by atomic mass is 9.81. The van der Waals surface area contributed by atoms with Gasteiger partial charge in [0.05, 0.1) is 18.8 Å². The van der Waals surface area contributed by atoms with Gasteiger partial charge in [0, 0.05) is 18.9 Å². The molecule has 23 heavy (non-hydrogen) atoms. The molecule has 0 aromatic heterocycles. The highest BCUT2D eigenvalue weighted by Crippen LogP contribution is 2.33. The van der Waals surface area contributed by atoms with Gasteiger partial charge in [-0.15, -0.1) is 0 Å². The molecule has 0 aromatic carbocycles. The van der Waals surface area contributed by atoms with Crippen molar-refractivity contribution in [1.82, 2.24) is 0 Å². The van der Waals surface area contributed by atoms with Crippen LogP contribution in [0.3, 0.4) is 0 Å². The summed E-state index contributed by atoms with van der Waals surface area (Å²) in [5, 5.41) is 69.2. The van der Waals surface area contributed by atoms with E-state index in [4.69, 9.17) is 9.47 Å². The lowest BCUT2D eigenvalue weighted by molar-refractivity contribution is -0.338. The number of ether oxygens (including phenoxy) is 2. The molecule has 9 nitrogen and oxygen atoms in total. The van der Waals surface area contributed by atoms with Crippen molar-refractivity contribution in [1.29, 1.82) is 0 Å². The molecule has 1 aliphatic carbocycles. The summed E-state index contributed by atoms with van der Waals surface area (Å²) in [5.74, 6) is -2.59. The van der Waals surface area contributed by atoms with E-state index in [1.807, 2.05) is 0 Å². The molecular formula is C14H26O9. The largest absolute Gasteiger partial charge is 0.396 e. The first-order chi connectivity index (χ1) is 10.7. The van der Waals surface area contributed by atoms with Crippen LogP contribution in [0.1, 0.15) is 19.8 Å². The van der Waals surface area contributed by atoms with Crippen molar-refractivity contribution >= 4 is 0 Å². The molecule has 0 amide bonds. The normalized spacial score (nSPS) is 51.7. The molecule has 0 spiro atoms. The van der Waals surface area contributed by atoms with Gasteiger partial charge in [-0.1, -0.05) is 6.92 Å². The van der Waals surface area contributed by atoms with Crippen LogP contribution < -0.4 is 0 Å². The number of aliphatic hydroxyl groups excluding tert-OH is 6. The fourth-order valence-electron chi connectivity index (χ4n) is 3.15. The average molecular weight is 338 g/mol. The Labute approximate surface area is 133 Å². The monoisotopic (exact) mass is 338 g/mol. The van der Waals surface area contributed by atoms with Crippen LogP contribution in [0.2, 0.25) is 0 Å². The third-order valence-electron chi connectivity index (χ3n) is 4.83. The Morgan fingerprint density at radius 2 is 1.74 bits per heavy atom. The van der Waals surface area contributed by atoms with Crippen molar-refractivity contribution in [2.24, 2.45) is 5.92 Å². The van der Waals surface area contributed by atoms with E-state index in [0.29, 0.717) is 0 Å². The summed E-state index contributed by atoms with van der Waals surface area (Å²) in [5.41, 5.74) is 0. The summed E-state index contributed by atoms with van der Waals surface area (Å²) in [6.45, 7) is 0.918. The Morgan fingerprint density at radius 3 is 2.30 bits per heavy atom. The van der Waals surface area contributed by atoms with Gasteiger partial charge >= 0.3 is 0 Å². The van der Waals surface area contributed by atoms with Crippen LogP contribution in [0.5, 0.6) is 0 Å². The standard InChI is InChI=1S/C14H26O9/c1-2-14(21)13(20)12(7(16)5-22-14)23-8-3-6(4-15)9(17)11(19)10(8)18/h6-13,15-21H,2-5H2,1H3/t6?,7-,8-,9+,10?,11+,12?,13-,14+/m1/s1. The Kier molecular flexibility index (Phi) is 5.99. The van der Waals surface area contributed by atoms with Gasteiger partial charge in [-0.2, -0.15) is 0 Å². The van der Waals surface area contributed by atoms with Crippen LogP contribution in [-0.2, 0) is 9.47 Å². The predicted octanol–water partition coefficient (Wildman–Crippen LogP) is -3.31. The molecule has 1 saturated heterocycles. The molecule has 1 heterocycles. The third kappa shape index (κ3) is 3.53. The van der Waals surface area contributed by atoms with Crippen LogP contribution in [-0.4, -0.2) is 97.5 Å². The van der Waals surface area contributed by atoms with E-state index in [9.17, 15) is 35.7 Å². The highest BCUT2D eigenvalue weighted by molar-refractivity contribution is 4.97. The lowest BCUT2D eigenvalue weighted by Gasteiger charge is -2.46. The summed E-state index contributed by atoms with van der Waals surface area (Å²) in [6, 6.07) is 0. The fraction of sp³-hybridized carbons (Fsp3) is 1.00. The molecule has 2 rings (SSSR count). The molecule has 0 radical (unpaired) electrons. The molecule has 1 saturated carbocycles. The summed E-state index contributed by atoms with van der Waals surface area (Å²) < 4.78 is 10.6. The number of aliphatic hydroxyl groups is 7. The Hall–Kier alpha value is -0.360. The van der Waals surface area contributed by atoms with Gasteiger partial charge in [0.1, 0.15) is 30.5 Å². The van der Waals surface area contributed by atoms with E-state index in [2.05, 4.69) is 0 Å². The average Bonchev–Trinajstić information content (AvgIpc) is 2.55. The first kappa shape index (κ1) is 19.0. The smallest absolute Gasteiger partial charge is 0.194 e. The van der Waals surface area contributed by atoms with Crippen molar-refractivity contribution < 1.29 is 45.2 Å². The molecule has 0 bridgehead atoms. The predicted molar refractivity (Wildman–Crippen MR) is 75.1 cm³/mol.